The molecule has 154 valence electrons. The molecule has 1 atom stereocenters. The Labute approximate surface area is 174 Å². The van der Waals surface area contributed by atoms with Crippen molar-refractivity contribution in [3.63, 3.8) is 0 Å². The van der Waals surface area contributed by atoms with Crippen molar-refractivity contribution in [3.05, 3.63) is 55.1 Å². The first-order valence-corrected chi connectivity index (χ1v) is 10.7. The van der Waals surface area contributed by atoms with Gasteiger partial charge >= 0.3 is 5.97 Å². The standard InChI is InChI=1S/C22H27N3O3S/c1-6-8-17-19(21(27)28-7-2)14(3)25-20(26)18(29-22(25)23-17)13-15-9-11-16(12-10-15)24(4)5/h9-13,17H,6-8H2,1-5H3/b18-13-/t17-/m1/s1. The number of aromatic nitrogens is 1. The second-order valence-corrected chi connectivity index (χ2v) is 8.18. The van der Waals surface area contributed by atoms with Gasteiger partial charge < -0.3 is 9.64 Å². The Morgan fingerprint density at radius 3 is 2.55 bits per heavy atom. The number of thiazole rings is 1. The molecule has 2 aromatic rings. The smallest absolute Gasteiger partial charge is 0.337 e. The molecule has 0 spiro atoms. The lowest BCUT2D eigenvalue weighted by Gasteiger charge is -2.21. The molecule has 0 unspecified atom stereocenters. The molecule has 0 amide bonds. The molecule has 3 rings (SSSR count). The van der Waals surface area contributed by atoms with Crippen LogP contribution in [0.25, 0.3) is 11.8 Å². The summed E-state index contributed by atoms with van der Waals surface area (Å²) < 4.78 is 7.38. The zero-order valence-electron chi connectivity index (χ0n) is 17.6. The monoisotopic (exact) mass is 413 g/mol. The van der Waals surface area contributed by atoms with Gasteiger partial charge in [0.05, 0.1) is 22.8 Å². The highest BCUT2D eigenvalue weighted by atomic mass is 32.1. The minimum absolute atomic E-state index is 0.153. The maximum absolute atomic E-state index is 13.1. The minimum Gasteiger partial charge on any atom is -0.463 e. The number of benzene rings is 1. The van der Waals surface area contributed by atoms with Crippen molar-refractivity contribution in [1.29, 1.82) is 0 Å². The van der Waals surface area contributed by atoms with Gasteiger partial charge in [-0.1, -0.05) is 36.8 Å². The molecule has 1 aliphatic rings. The van der Waals surface area contributed by atoms with Crippen LogP contribution in [-0.2, 0) is 9.53 Å². The molecule has 6 nitrogen and oxygen atoms in total. The average molecular weight is 414 g/mol. The first-order valence-electron chi connectivity index (χ1n) is 9.84. The van der Waals surface area contributed by atoms with Crippen LogP contribution in [-0.4, -0.2) is 37.3 Å². The summed E-state index contributed by atoms with van der Waals surface area (Å²) in [4.78, 5) is 33.0. The van der Waals surface area contributed by atoms with Gasteiger partial charge in [-0.15, -0.1) is 0 Å². The fourth-order valence-corrected chi connectivity index (χ4v) is 4.47. The van der Waals surface area contributed by atoms with Crippen molar-refractivity contribution >= 4 is 34.8 Å². The molecule has 0 bridgehead atoms. The zero-order chi connectivity index (χ0) is 21.1. The van der Waals surface area contributed by atoms with E-state index in [2.05, 4.69) is 6.92 Å². The van der Waals surface area contributed by atoms with E-state index in [1.807, 2.05) is 49.3 Å². The Morgan fingerprint density at radius 1 is 1.28 bits per heavy atom. The fourth-order valence-electron chi connectivity index (χ4n) is 3.41. The third-order valence-electron chi connectivity index (χ3n) is 4.90. The van der Waals surface area contributed by atoms with Gasteiger partial charge in [0.25, 0.3) is 5.56 Å². The zero-order valence-corrected chi connectivity index (χ0v) is 18.4. The summed E-state index contributed by atoms with van der Waals surface area (Å²) in [6.45, 7) is 5.93. The Bertz CT molecular complexity index is 1110. The number of rotatable bonds is 6. The van der Waals surface area contributed by atoms with Crippen LogP contribution in [0.5, 0.6) is 0 Å². The Hall–Kier alpha value is -2.67. The molecule has 1 aliphatic heterocycles. The average Bonchev–Trinajstić information content (AvgIpc) is 2.98. The molecule has 0 fully saturated rings. The number of anilines is 1. The fraction of sp³-hybridized carbons (Fsp3) is 0.409. The van der Waals surface area contributed by atoms with Crippen molar-refractivity contribution in [1.82, 2.24) is 4.57 Å². The van der Waals surface area contributed by atoms with Crippen molar-refractivity contribution < 1.29 is 9.53 Å². The Balaban J connectivity index is 2.13. The second-order valence-electron chi connectivity index (χ2n) is 7.17. The molecular formula is C22H27N3O3S. The van der Waals surface area contributed by atoms with Crippen LogP contribution in [0.1, 0.15) is 39.2 Å². The molecule has 1 aromatic carbocycles. The highest BCUT2D eigenvalue weighted by molar-refractivity contribution is 7.07. The third-order valence-corrected chi connectivity index (χ3v) is 5.88. The van der Waals surface area contributed by atoms with Crippen LogP contribution in [0.2, 0.25) is 0 Å². The van der Waals surface area contributed by atoms with Gasteiger partial charge in [0.2, 0.25) is 0 Å². The lowest BCUT2D eigenvalue weighted by atomic mass is 10.00. The highest BCUT2D eigenvalue weighted by Crippen LogP contribution is 2.23. The number of ether oxygens (including phenoxy) is 1. The summed E-state index contributed by atoms with van der Waals surface area (Å²) in [7, 11) is 3.98. The summed E-state index contributed by atoms with van der Waals surface area (Å²) in [5.74, 6) is -0.388. The van der Waals surface area contributed by atoms with E-state index in [1.54, 1.807) is 18.4 Å². The predicted molar refractivity (Wildman–Crippen MR) is 118 cm³/mol. The summed E-state index contributed by atoms with van der Waals surface area (Å²) in [5.41, 5.74) is 3.00. The molecule has 1 aromatic heterocycles. The number of esters is 1. The van der Waals surface area contributed by atoms with E-state index in [1.165, 1.54) is 11.3 Å². The van der Waals surface area contributed by atoms with Gasteiger partial charge in [-0.05, 0) is 44.0 Å². The highest BCUT2D eigenvalue weighted by Gasteiger charge is 2.29. The van der Waals surface area contributed by atoms with Gasteiger partial charge in [-0.3, -0.25) is 9.36 Å². The SMILES string of the molecule is CCC[C@H]1N=c2s/c(=C\c3ccc(N(C)C)cc3)c(=O)n2C(C)=C1C(=O)OCC. The topological polar surface area (TPSA) is 63.9 Å². The number of fused-ring (bicyclic) bond motifs is 1. The van der Waals surface area contributed by atoms with Crippen molar-refractivity contribution in [2.24, 2.45) is 4.99 Å². The third kappa shape index (κ3) is 4.19. The van der Waals surface area contributed by atoms with Crippen LogP contribution in [0.4, 0.5) is 5.69 Å². The largest absolute Gasteiger partial charge is 0.463 e. The molecule has 0 radical (unpaired) electrons. The van der Waals surface area contributed by atoms with E-state index in [9.17, 15) is 9.59 Å². The van der Waals surface area contributed by atoms with Gasteiger partial charge in [-0.25, -0.2) is 9.79 Å². The maximum atomic E-state index is 13.1. The molecule has 29 heavy (non-hydrogen) atoms. The van der Waals surface area contributed by atoms with Crippen LogP contribution in [0, 0.1) is 0 Å². The molecule has 0 N–H and O–H groups in total. The number of allylic oxidation sites excluding steroid dienone is 1. The maximum Gasteiger partial charge on any atom is 0.337 e. The van der Waals surface area contributed by atoms with E-state index >= 15 is 0 Å². The second kappa shape index (κ2) is 8.78. The number of hydrogen-bond acceptors (Lipinski definition) is 6. The van der Waals surface area contributed by atoms with Crippen molar-refractivity contribution in [3.8, 4) is 0 Å². The Morgan fingerprint density at radius 2 is 1.97 bits per heavy atom. The first kappa shape index (κ1) is 21.0. The van der Waals surface area contributed by atoms with Gasteiger partial charge in [0, 0.05) is 25.5 Å². The van der Waals surface area contributed by atoms with E-state index in [-0.39, 0.29) is 17.6 Å². The lowest BCUT2D eigenvalue weighted by Crippen LogP contribution is -2.37. The molecule has 2 heterocycles. The van der Waals surface area contributed by atoms with E-state index in [0.717, 1.165) is 24.1 Å². The predicted octanol–water partition coefficient (Wildman–Crippen LogP) is 2.40. The van der Waals surface area contributed by atoms with Crippen molar-refractivity contribution in [2.75, 3.05) is 25.6 Å². The van der Waals surface area contributed by atoms with Crippen LogP contribution in [0.15, 0.2) is 39.6 Å². The van der Waals surface area contributed by atoms with E-state index in [4.69, 9.17) is 9.73 Å². The molecule has 7 heteroatoms. The normalized spacial score (nSPS) is 16.4. The molecule has 0 saturated carbocycles. The lowest BCUT2D eigenvalue weighted by molar-refractivity contribution is -0.138. The van der Waals surface area contributed by atoms with Crippen LogP contribution >= 0.6 is 11.3 Å². The number of nitrogens with zero attached hydrogens (tertiary/aromatic N) is 3. The Kier molecular flexibility index (Phi) is 6.37. The number of carbonyl (C=O) groups is 1. The summed E-state index contributed by atoms with van der Waals surface area (Å²) >= 11 is 1.36. The summed E-state index contributed by atoms with van der Waals surface area (Å²) in [6, 6.07) is 7.74. The quantitative estimate of drug-likeness (QED) is 0.682. The minimum atomic E-state index is -0.388. The number of carbonyl (C=O) groups excluding carboxylic acids is 1. The number of hydrogen-bond donors (Lipinski definition) is 0. The molecule has 0 aliphatic carbocycles. The first-order chi connectivity index (χ1) is 13.9. The molecular weight excluding hydrogens is 386 g/mol. The van der Waals surface area contributed by atoms with Gasteiger partial charge in [0.1, 0.15) is 0 Å². The summed E-state index contributed by atoms with van der Waals surface area (Å²) in [6.07, 6.45) is 3.50. The molecule has 0 saturated heterocycles. The van der Waals surface area contributed by atoms with Crippen LogP contribution < -0.4 is 19.8 Å². The van der Waals surface area contributed by atoms with Crippen LogP contribution in [0.3, 0.4) is 0 Å². The van der Waals surface area contributed by atoms with Gasteiger partial charge in [-0.2, -0.15) is 0 Å². The van der Waals surface area contributed by atoms with Gasteiger partial charge in [0.15, 0.2) is 4.80 Å². The summed E-state index contributed by atoms with van der Waals surface area (Å²) in [5, 5.41) is 0. The van der Waals surface area contributed by atoms with E-state index < -0.39 is 0 Å². The van der Waals surface area contributed by atoms with E-state index in [0.29, 0.717) is 27.2 Å². The van der Waals surface area contributed by atoms with Crippen molar-refractivity contribution in [2.45, 2.75) is 39.7 Å².